The smallest absolute Gasteiger partial charge is 0.122 e. The lowest BCUT2D eigenvalue weighted by Gasteiger charge is -2.28. The normalized spacial score (nSPS) is 19.4. The van der Waals surface area contributed by atoms with Crippen molar-refractivity contribution in [1.29, 1.82) is 0 Å². The maximum Gasteiger partial charge on any atom is 0.122 e. The Morgan fingerprint density at radius 1 is 1.53 bits per heavy atom. The molecule has 0 aliphatic carbocycles. The number of rotatable bonds is 5. The number of hydrogen-bond acceptors (Lipinski definition) is 3. The molecule has 96 valence electrons. The van der Waals surface area contributed by atoms with Gasteiger partial charge in [0.1, 0.15) is 5.82 Å². The summed E-state index contributed by atoms with van der Waals surface area (Å²) in [6, 6.07) is 0.543. The summed E-state index contributed by atoms with van der Waals surface area (Å²) in [5, 5.41) is 3.59. The van der Waals surface area contributed by atoms with Crippen molar-refractivity contribution >= 4 is 0 Å². The minimum Gasteiger partial charge on any atom is -0.381 e. The van der Waals surface area contributed by atoms with E-state index in [1.807, 2.05) is 12.4 Å². The average molecular weight is 237 g/mol. The lowest BCUT2D eigenvalue weighted by Crippen LogP contribution is -2.36. The van der Waals surface area contributed by atoms with E-state index in [4.69, 9.17) is 4.74 Å². The summed E-state index contributed by atoms with van der Waals surface area (Å²) in [4.78, 5) is 4.38. The first-order valence-electron chi connectivity index (χ1n) is 6.62. The maximum absolute atomic E-state index is 5.39. The zero-order valence-corrected chi connectivity index (χ0v) is 10.9. The van der Waals surface area contributed by atoms with Gasteiger partial charge in [-0.05, 0) is 32.6 Å². The van der Waals surface area contributed by atoms with Crippen molar-refractivity contribution in [2.45, 2.75) is 45.8 Å². The minimum atomic E-state index is 0.543. The van der Waals surface area contributed by atoms with E-state index in [-0.39, 0.29) is 0 Å². The van der Waals surface area contributed by atoms with Crippen LogP contribution in [-0.4, -0.2) is 28.8 Å². The molecule has 0 aromatic carbocycles. The van der Waals surface area contributed by atoms with Crippen LogP contribution in [0.2, 0.25) is 0 Å². The molecule has 1 aromatic heterocycles. The number of hydrogen-bond donors (Lipinski definition) is 1. The van der Waals surface area contributed by atoms with Gasteiger partial charge < -0.3 is 14.6 Å². The topological polar surface area (TPSA) is 39.1 Å². The van der Waals surface area contributed by atoms with E-state index in [1.165, 1.54) is 12.8 Å². The molecule has 1 saturated heterocycles. The third-order valence-electron chi connectivity index (χ3n) is 3.70. The molecular weight excluding hydrogens is 214 g/mol. The summed E-state index contributed by atoms with van der Waals surface area (Å²) >= 11 is 0. The molecule has 0 saturated carbocycles. The summed E-state index contributed by atoms with van der Waals surface area (Å²) in [7, 11) is 0. The lowest BCUT2D eigenvalue weighted by molar-refractivity contribution is 0.0556. The standard InChI is InChI=1S/C13H23N3O/c1-3-16-7-6-14-13(16)10-15-11(2)12-4-8-17-9-5-12/h6-7,11-12,15H,3-5,8-10H2,1-2H3. The Kier molecular flexibility index (Phi) is 4.57. The van der Waals surface area contributed by atoms with Gasteiger partial charge in [0.15, 0.2) is 0 Å². The summed E-state index contributed by atoms with van der Waals surface area (Å²) in [6.07, 6.45) is 6.27. The highest BCUT2D eigenvalue weighted by atomic mass is 16.5. The van der Waals surface area contributed by atoms with Crippen LogP contribution in [-0.2, 0) is 17.8 Å². The fraction of sp³-hybridized carbons (Fsp3) is 0.769. The lowest BCUT2D eigenvalue weighted by atomic mass is 9.93. The second-order valence-corrected chi connectivity index (χ2v) is 4.75. The van der Waals surface area contributed by atoms with Crippen molar-refractivity contribution in [3.8, 4) is 0 Å². The van der Waals surface area contributed by atoms with Gasteiger partial charge >= 0.3 is 0 Å². The summed E-state index contributed by atoms with van der Waals surface area (Å²) in [5.41, 5.74) is 0. The Morgan fingerprint density at radius 2 is 2.29 bits per heavy atom. The van der Waals surface area contributed by atoms with Crippen molar-refractivity contribution in [2.24, 2.45) is 5.92 Å². The Morgan fingerprint density at radius 3 is 3.00 bits per heavy atom. The van der Waals surface area contributed by atoms with Crippen LogP contribution in [0.15, 0.2) is 12.4 Å². The van der Waals surface area contributed by atoms with Crippen LogP contribution in [0, 0.1) is 5.92 Å². The highest BCUT2D eigenvalue weighted by molar-refractivity contribution is 4.92. The van der Waals surface area contributed by atoms with Crippen LogP contribution in [0.25, 0.3) is 0 Å². The monoisotopic (exact) mass is 237 g/mol. The van der Waals surface area contributed by atoms with E-state index < -0.39 is 0 Å². The van der Waals surface area contributed by atoms with Gasteiger partial charge in [-0.3, -0.25) is 0 Å². The number of aromatic nitrogens is 2. The van der Waals surface area contributed by atoms with Crippen molar-refractivity contribution in [3.63, 3.8) is 0 Å². The predicted octanol–water partition coefficient (Wildman–Crippen LogP) is 1.81. The Labute approximate surface area is 103 Å². The van der Waals surface area contributed by atoms with E-state index in [9.17, 15) is 0 Å². The van der Waals surface area contributed by atoms with Gasteiger partial charge in [0.25, 0.3) is 0 Å². The average Bonchev–Trinajstić information content (AvgIpc) is 2.84. The highest BCUT2D eigenvalue weighted by Gasteiger charge is 2.20. The third kappa shape index (κ3) is 3.30. The Balaban J connectivity index is 1.80. The van der Waals surface area contributed by atoms with Crippen LogP contribution in [0.1, 0.15) is 32.5 Å². The molecule has 4 nitrogen and oxygen atoms in total. The molecule has 1 aromatic rings. The van der Waals surface area contributed by atoms with Gasteiger partial charge in [0.2, 0.25) is 0 Å². The van der Waals surface area contributed by atoms with Gasteiger partial charge in [-0.25, -0.2) is 4.98 Å². The maximum atomic E-state index is 5.39. The molecule has 0 radical (unpaired) electrons. The molecule has 2 rings (SSSR count). The van der Waals surface area contributed by atoms with Crippen LogP contribution in [0.3, 0.4) is 0 Å². The largest absolute Gasteiger partial charge is 0.381 e. The minimum absolute atomic E-state index is 0.543. The molecule has 1 N–H and O–H groups in total. The predicted molar refractivity (Wildman–Crippen MR) is 67.7 cm³/mol. The van der Waals surface area contributed by atoms with Gasteiger partial charge in [0.05, 0.1) is 6.54 Å². The van der Waals surface area contributed by atoms with Gasteiger partial charge in [-0.2, -0.15) is 0 Å². The first-order valence-corrected chi connectivity index (χ1v) is 6.62. The van der Waals surface area contributed by atoms with Crippen molar-refractivity contribution in [1.82, 2.24) is 14.9 Å². The molecular formula is C13H23N3O. The summed E-state index contributed by atoms with van der Waals surface area (Å²) in [5.74, 6) is 1.88. The van der Waals surface area contributed by atoms with Crippen LogP contribution >= 0.6 is 0 Å². The van der Waals surface area contributed by atoms with E-state index in [0.717, 1.165) is 38.0 Å². The van der Waals surface area contributed by atoms with Crippen LogP contribution in [0.4, 0.5) is 0 Å². The number of imidazole rings is 1. The first-order chi connectivity index (χ1) is 8.31. The third-order valence-corrected chi connectivity index (χ3v) is 3.70. The first kappa shape index (κ1) is 12.6. The van der Waals surface area contributed by atoms with Crippen LogP contribution in [0.5, 0.6) is 0 Å². The van der Waals surface area contributed by atoms with Gasteiger partial charge in [-0.1, -0.05) is 0 Å². The number of aryl methyl sites for hydroxylation is 1. The molecule has 4 heteroatoms. The molecule has 1 unspecified atom stereocenters. The summed E-state index contributed by atoms with van der Waals surface area (Å²) < 4.78 is 7.58. The van der Waals surface area contributed by atoms with Crippen molar-refractivity contribution in [3.05, 3.63) is 18.2 Å². The molecule has 1 fully saturated rings. The molecule has 1 aliphatic rings. The molecule has 1 aliphatic heterocycles. The highest BCUT2D eigenvalue weighted by Crippen LogP contribution is 2.18. The zero-order chi connectivity index (χ0) is 12.1. The SMILES string of the molecule is CCn1ccnc1CNC(C)C1CCOCC1. The van der Waals surface area contributed by atoms with E-state index >= 15 is 0 Å². The van der Waals surface area contributed by atoms with Gasteiger partial charge in [-0.15, -0.1) is 0 Å². The van der Waals surface area contributed by atoms with E-state index in [2.05, 4.69) is 28.7 Å². The second kappa shape index (κ2) is 6.17. The zero-order valence-electron chi connectivity index (χ0n) is 10.9. The summed E-state index contributed by atoms with van der Waals surface area (Å²) in [6.45, 7) is 8.10. The fourth-order valence-corrected chi connectivity index (χ4v) is 2.43. The Hall–Kier alpha value is -0.870. The fourth-order valence-electron chi connectivity index (χ4n) is 2.43. The van der Waals surface area contributed by atoms with Gasteiger partial charge in [0, 0.05) is 38.2 Å². The van der Waals surface area contributed by atoms with E-state index in [1.54, 1.807) is 0 Å². The second-order valence-electron chi connectivity index (χ2n) is 4.75. The molecule has 0 amide bonds. The molecule has 2 heterocycles. The van der Waals surface area contributed by atoms with Crippen molar-refractivity contribution < 1.29 is 4.74 Å². The molecule has 0 spiro atoms. The van der Waals surface area contributed by atoms with Crippen LogP contribution < -0.4 is 5.32 Å². The quantitative estimate of drug-likeness (QED) is 0.849. The molecule has 0 bridgehead atoms. The molecule has 17 heavy (non-hydrogen) atoms. The number of ether oxygens (including phenoxy) is 1. The molecule has 1 atom stereocenters. The number of nitrogens with zero attached hydrogens (tertiary/aromatic N) is 2. The van der Waals surface area contributed by atoms with Crippen molar-refractivity contribution in [2.75, 3.05) is 13.2 Å². The Bertz CT molecular complexity index is 331. The van der Waals surface area contributed by atoms with E-state index in [0.29, 0.717) is 6.04 Å². The number of nitrogens with one attached hydrogen (secondary N) is 1.